The molecule has 0 saturated carbocycles. The predicted molar refractivity (Wildman–Crippen MR) is 141 cm³/mol. The largest absolute Gasteiger partial charge is 0.385 e. The number of allylic oxidation sites excluding steroid dienone is 2. The Labute approximate surface area is 201 Å². The first kappa shape index (κ1) is 31.9. The van der Waals surface area contributed by atoms with Gasteiger partial charge in [0.05, 0.1) is 27.7 Å². The van der Waals surface area contributed by atoms with Crippen LogP contribution in [0.5, 0.6) is 0 Å². The van der Waals surface area contributed by atoms with E-state index in [-0.39, 0.29) is 5.78 Å². The van der Waals surface area contributed by atoms with Gasteiger partial charge in [-0.1, -0.05) is 96.6 Å². The van der Waals surface area contributed by atoms with E-state index in [1.807, 2.05) is 21.1 Å². The van der Waals surface area contributed by atoms with Crippen LogP contribution in [0.2, 0.25) is 0 Å². The van der Waals surface area contributed by atoms with Crippen LogP contribution < -0.4 is 0 Å². The molecular weight excluding hydrogens is 417 g/mol. The summed E-state index contributed by atoms with van der Waals surface area (Å²) in [5.74, 6) is -0.334. The normalized spacial score (nSPS) is 15.3. The molecule has 0 aromatic rings. The summed E-state index contributed by atoms with van der Waals surface area (Å²) in [6.45, 7) is 4.72. The molecule has 192 valence electrons. The molecule has 0 fully saturated rings. The molecule has 2 unspecified atom stereocenters. The van der Waals surface area contributed by atoms with E-state index >= 15 is 0 Å². The summed E-state index contributed by atoms with van der Waals surface area (Å²) in [5, 5.41) is 0. The van der Waals surface area contributed by atoms with E-state index in [1.165, 1.54) is 89.9 Å². The molecule has 0 radical (unpaired) electrons. The van der Waals surface area contributed by atoms with Crippen LogP contribution in [0.4, 0.5) is 0 Å². The lowest BCUT2D eigenvalue weighted by atomic mass is 10.1. The first-order valence-electron chi connectivity index (χ1n) is 13.7. The van der Waals surface area contributed by atoms with Crippen LogP contribution in [0.25, 0.3) is 0 Å². The second-order valence-electron chi connectivity index (χ2n) is 10.4. The van der Waals surface area contributed by atoms with Crippen molar-refractivity contribution in [2.45, 2.75) is 135 Å². The monoisotopic (exact) mass is 474 g/mol. The Bertz CT molecular complexity index is 488. The molecule has 0 saturated heterocycles. The van der Waals surface area contributed by atoms with Gasteiger partial charge in [0, 0.05) is 6.42 Å². The van der Waals surface area contributed by atoms with Gasteiger partial charge in [-0.05, 0) is 38.5 Å². The first-order chi connectivity index (χ1) is 15.3. The molecule has 1 N–H and O–H groups in total. The molecule has 0 aliphatic carbocycles. The lowest BCUT2D eigenvalue weighted by Crippen LogP contribution is -2.45. The van der Waals surface area contributed by atoms with Crippen molar-refractivity contribution in [3.8, 4) is 0 Å². The van der Waals surface area contributed by atoms with Gasteiger partial charge in [-0.2, -0.15) is 0 Å². The van der Waals surface area contributed by atoms with Crippen molar-refractivity contribution in [1.29, 1.82) is 0 Å². The lowest BCUT2D eigenvalue weighted by molar-refractivity contribution is -0.883. The van der Waals surface area contributed by atoms with Crippen LogP contribution in [-0.2, 0) is 9.09 Å². The maximum absolute atomic E-state index is 12.6. The highest BCUT2D eigenvalue weighted by molar-refractivity contribution is 7.53. The minimum atomic E-state index is -3.57. The van der Waals surface area contributed by atoms with Crippen LogP contribution in [0.15, 0.2) is 12.2 Å². The summed E-state index contributed by atoms with van der Waals surface area (Å²) in [6.07, 6.45) is 26.9. The summed E-state index contributed by atoms with van der Waals surface area (Å²) >= 11 is 0. The third kappa shape index (κ3) is 18.3. The molecule has 0 aliphatic rings. The molecule has 5 heteroatoms. The Kier molecular flexibility index (Phi) is 20.1. The van der Waals surface area contributed by atoms with E-state index in [2.05, 4.69) is 26.0 Å². The van der Waals surface area contributed by atoms with Crippen LogP contribution in [0.3, 0.4) is 0 Å². The number of nitrogens with zero attached hydrogens (tertiary/aromatic N) is 1. The van der Waals surface area contributed by atoms with Gasteiger partial charge in [0.1, 0.15) is 0 Å². The van der Waals surface area contributed by atoms with Gasteiger partial charge in [0.2, 0.25) is 0 Å². The lowest BCUT2D eigenvalue weighted by Gasteiger charge is -2.35. The fourth-order valence-corrected chi connectivity index (χ4v) is 6.25. The van der Waals surface area contributed by atoms with Gasteiger partial charge in [0.15, 0.2) is 5.78 Å². The Hall–Kier alpha value is -0.150. The molecule has 0 bridgehead atoms. The van der Waals surface area contributed by atoms with Crippen molar-refractivity contribution >= 4 is 7.60 Å². The highest BCUT2D eigenvalue weighted by Gasteiger charge is 2.41. The zero-order chi connectivity index (χ0) is 24.1. The fraction of sp³-hybridized carbons (Fsp3) is 0.926. The molecular formula is C27H57NO3P+. The highest BCUT2D eigenvalue weighted by Crippen LogP contribution is 2.51. The molecule has 0 aliphatic heterocycles. The number of hydrogen-bond acceptors (Lipinski definition) is 2. The molecule has 4 nitrogen and oxygen atoms in total. The minimum Gasteiger partial charge on any atom is -0.320 e. The first-order valence-corrected chi connectivity index (χ1v) is 15.3. The van der Waals surface area contributed by atoms with Crippen molar-refractivity contribution in [3.63, 3.8) is 0 Å². The summed E-state index contributed by atoms with van der Waals surface area (Å²) < 4.78 is 18.6. The molecule has 32 heavy (non-hydrogen) atoms. The van der Waals surface area contributed by atoms with Gasteiger partial charge in [0.25, 0.3) is 0 Å². The van der Waals surface area contributed by atoms with E-state index in [1.54, 1.807) is 0 Å². The maximum Gasteiger partial charge on any atom is 0.385 e. The van der Waals surface area contributed by atoms with Gasteiger partial charge < -0.3 is 13.9 Å². The Morgan fingerprint density at radius 2 is 1.16 bits per heavy atom. The summed E-state index contributed by atoms with van der Waals surface area (Å²) in [6, 6.07) is 0. The molecule has 0 rings (SSSR count). The Balaban J connectivity index is 3.52. The Morgan fingerprint density at radius 1 is 0.719 bits per heavy atom. The van der Waals surface area contributed by atoms with Gasteiger partial charge in [-0.15, -0.1) is 0 Å². The molecule has 0 heterocycles. The number of hydrogen-bond donors (Lipinski definition) is 1. The number of rotatable bonds is 23. The van der Waals surface area contributed by atoms with Crippen LogP contribution in [0.1, 0.15) is 129 Å². The standard InChI is InChI=1S/C27H56NO3P/c1-6-8-9-10-11-12-13-14-15-16-17-18-19-20-21-22-23-24-26-31-32(29,30)27(25-7-2)28(3,4)5/h12-13,27H,6-11,14-26H2,1-5H3/p+1. The maximum atomic E-state index is 12.6. The molecule has 0 amide bonds. The summed E-state index contributed by atoms with van der Waals surface area (Å²) in [5.41, 5.74) is 0. The zero-order valence-electron chi connectivity index (χ0n) is 22.3. The van der Waals surface area contributed by atoms with Gasteiger partial charge >= 0.3 is 7.60 Å². The highest BCUT2D eigenvalue weighted by atomic mass is 31.2. The van der Waals surface area contributed by atoms with Crippen LogP contribution in [-0.4, -0.2) is 42.9 Å². The predicted octanol–water partition coefficient (Wildman–Crippen LogP) is 8.84. The van der Waals surface area contributed by atoms with E-state index < -0.39 is 7.60 Å². The van der Waals surface area contributed by atoms with Crippen molar-refractivity contribution < 1.29 is 18.5 Å². The van der Waals surface area contributed by atoms with Crippen molar-refractivity contribution in [2.75, 3.05) is 27.7 Å². The SMILES string of the molecule is CCCCCCC=CCCCCCCCCCCCCOP(=O)(O)C(CCC)[N+](C)(C)C. The third-order valence-electron chi connectivity index (χ3n) is 6.25. The summed E-state index contributed by atoms with van der Waals surface area (Å²) in [4.78, 5) is 10.4. The van der Waals surface area contributed by atoms with Crippen LogP contribution in [0, 0.1) is 0 Å². The topological polar surface area (TPSA) is 46.5 Å². The smallest absolute Gasteiger partial charge is 0.320 e. The molecule has 0 spiro atoms. The molecule has 2 atom stereocenters. The van der Waals surface area contributed by atoms with Crippen LogP contribution >= 0.6 is 7.60 Å². The minimum absolute atomic E-state index is 0.334. The van der Waals surface area contributed by atoms with E-state index in [0.717, 1.165) is 19.3 Å². The second-order valence-corrected chi connectivity index (χ2v) is 12.4. The van der Waals surface area contributed by atoms with Crippen molar-refractivity contribution in [3.05, 3.63) is 12.2 Å². The average Bonchev–Trinajstić information content (AvgIpc) is 2.72. The average molecular weight is 475 g/mol. The number of unbranched alkanes of at least 4 members (excludes halogenated alkanes) is 14. The Morgan fingerprint density at radius 3 is 1.59 bits per heavy atom. The quantitative estimate of drug-likeness (QED) is 0.0696. The molecule has 0 aromatic carbocycles. The van der Waals surface area contributed by atoms with Gasteiger partial charge in [-0.3, -0.25) is 4.57 Å². The van der Waals surface area contributed by atoms with Crippen molar-refractivity contribution in [1.82, 2.24) is 0 Å². The van der Waals surface area contributed by atoms with Gasteiger partial charge in [-0.25, -0.2) is 0 Å². The fourth-order valence-electron chi connectivity index (χ4n) is 4.23. The van der Waals surface area contributed by atoms with E-state index in [0.29, 0.717) is 17.5 Å². The van der Waals surface area contributed by atoms with E-state index in [9.17, 15) is 9.46 Å². The third-order valence-corrected chi connectivity index (χ3v) is 8.51. The van der Waals surface area contributed by atoms with Crippen molar-refractivity contribution in [2.24, 2.45) is 0 Å². The van der Waals surface area contributed by atoms with E-state index in [4.69, 9.17) is 4.52 Å². The number of quaternary nitrogens is 1. The zero-order valence-corrected chi connectivity index (χ0v) is 23.2. The molecule has 0 aromatic heterocycles. The second kappa shape index (κ2) is 20.2. The summed E-state index contributed by atoms with van der Waals surface area (Å²) in [7, 11) is 2.35.